The number of nitrogens with one attached hydrogen (secondary N) is 2. The number of carbonyl (C=O) groups excluding carboxylic acids is 2. The maximum Gasteiger partial charge on any atom is 0.249 e. The Balaban J connectivity index is 1.61. The molecule has 1 atom stereocenters. The largest absolute Gasteiger partial charge is 0.348 e. The van der Waals surface area contributed by atoms with Crippen LogP contribution in [-0.4, -0.2) is 26.6 Å². The molecule has 0 aliphatic rings. The van der Waals surface area contributed by atoms with E-state index in [0.717, 1.165) is 16.9 Å². The molecule has 1 unspecified atom stereocenters. The third-order valence-corrected chi connectivity index (χ3v) is 5.51. The molecule has 7 nitrogen and oxygen atoms in total. The van der Waals surface area contributed by atoms with E-state index in [1.807, 2.05) is 42.5 Å². The Bertz CT molecular complexity index is 1230. The van der Waals surface area contributed by atoms with Crippen LogP contribution < -0.4 is 10.6 Å². The lowest BCUT2D eigenvalue weighted by molar-refractivity contribution is -0.128. The highest BCUT2D eigenvalue weighted by molar-refractivity contribution is 6.30. The molecule has 2 aromatic heterocycles. The summed E-state index contributed by atoms with van der Waals surface area (Å²) in [5.74, 6) is -0.717. The maximum atomic E-state index is 12.9. The molecule has 172 valence electrons. The van der Waals surface area contributed by atoms with E-state index in [1.165, 1.54) is 6.92 Å². The second-order valence-electron chi connectivity index (χ2n) is 7.52. The summed E-state index contributed by atoms with van der Waals surface area (Å²) in [5, 5.41) is 11.4. The first-order valence-electron chi connectivity index (χ1n) is 10.5. The van der Waals surface area contributed by atoms with Crippen molar-refractivity contribution in [1.29, 1.82) is 0 Å². The molecular weight excluding hydrogens is 473 g/mol. The van der Waals surface area contributed by atoms with Gasteiger partial charge in [0.25, 0.3) is 0 Å². The third-order valence-electron chi connectivity index (χ3n) is 5.01. The number of amides is 2. The zero-order valence-corrected chi connectivity index (χ0v) is 19.7. The predicted octanol–water partition coefficient (Wildman–Crippen LogP) is 4.73. The van der Waals surface area contributed by atoms with E-state index < -0.39 is 6.04 Å². The fourth-order valence-corrected chi connectivity index (χ4v) is 3.68. The number of pyridine rings is 1. The zero-order valence-electron chi connectivity index (χ0n) is 18.2. The van der Waals surface area contributed by atoms with Crippen molar-refractivity contribution < 1.29 is 9.59 Å². The van der Waals surface area contributed by atoms with Crippen LogP contribution in [0.4, 0.5) is 0 Å². The molecule has 0 aliphatic heterocycles. The van der Waals surface area contributed by atoms with E-state index in [-0.39, 0.29) is 18.4 Å². The highest BCUT2D eigenvalue weighted by Crippen LogP contribution is 2.26. The van der Waals surface area contributed by atoms with Gasteiger partial charge in [0.15, 0.2) is 6.04 Å². The first-order valence-corrected chi connectivity index (χ1v) is 11.2. The number of rotatable bonds is 7. The van der Waals surface area contributed by atoms with E-state index in [0.29, 0.717) is 21.4 Å². The molecule has 34 heavy (non-hydrogen) atoms. The lowest BCUT2D eigenvalue weighted by Crippen LogP contribution is -2.39. The standard InChI is InChI=1S/C25H21Cl2N5O2/c1-16(33)30-24(22-4-2-3-13-28-22)25(34)29-15-20-14-23(17-5-7-18(26)8-6-17)32(31-20)21-11-9-19(27)10-12-21/h2-14,24H,15H2,1H3,(H,29,34)(H,30,33). The van der Waals surface area contributed by atoms with Crippen LogP contribution in [0.3, 0.4) is 0 Å². The van der Waals surface area contributed by atoms with Crippen molar-refractivity contribution in [2.24, 2.45) is 0 Å². The van der Waals surface area contributed by atoms with Crippen molar-refractivity contribution >= 4 is 35.0 Å². The van der Waals surface area contributed by atoms with Gasteiger partial charge in [-0.2, -0.15) is 5.10 Å². The van der Waals surface area contributed by atoms with Crippen molar-refractivity contribution in [2.75, 3.05) is 0 Å². The Morgan fingerprint density at radius 3 is 2.26 bits per heavy atom. The van der Waals surface area contributed by atoms with Gasteiger partial charge in [-0.25, -0.2) is 4.68 Å². The van der Waals surface area contributed by atoms with Gasteiger partial charge in [-0.3, -0.25) is 14.6 Å². The number of benzene rings is 2. The van der Waals surface area contributed by atoms with Gasteiger partial charge in [-0.1, -0.05) is 41.4 Å². The molecule has 2 aromatic carbocycles. The lowest BCUT2D eigenvalue weighted by atomic mass is 10.1. The molecule has 2 amide bonds. The molecule has 0 spiro atoms. The second-order valence-corrected chi connectivity index (χ2v) is 8.39. The van der Waals surface area contributed by atoms with Gasteiger partial charge in [-0.15, -0.1) is 0 Å². The van der Waals surface area contributed by atoms with Crippen LogP contribution in [0.2, 0.25) is 10.0 Å². The molecule has 0 fully saturated rings. The summed E-state index contributed by atoms with van der Waals surface area (Å²) in [4.78, 5) is 28.8. The van der Waals surface area contributed by atoms with Crippen molar-refractivity contribution in [3.05, 3.63) is 100 Å². The molecule has 4 rings (SSSR count). The molecule has 0 saturated carbocycles. The lowest BCUT2D eigenvalue weighted by Gasteiger charge is -2.16. The molecule has 2 N–H and O–H groups in total. The summed E-state index contributed by atoms with van der Waals surface area (Å²) in [6.07, 6.45) is 1.57. The average Bonchev–Trinajstić information content (AvgIpc) is 3.26. The quantitative estimate of drug-likeness (QED) is 0.389. The number of halogens is 2. The van der Waals surface area contributed by atoms with E-state index in [1.54, 1.807) is 41.2 Å². The first-order chi connectivity index (χ1) is 16.4. The van der Waals surface area contributed by atoms with Crippen LogP contribution in [0.25, 0.3) is 16.9 Å². The zero-order chi connectivity index (χ0) is 24.1. The van der Waals surface area contributed by atoms with Crippen LogP contribution in [-0.2, 0) is 16.1 Å². The van der Waals surface area contributed by atoms with Crippen LogP contribution in [0.1, 0.15) is 24.4 Å². The van der Waals surface area contributed by atoms with Crippen LogP contribution >= 0.6 is 23.2 Å². The molecule has 2 heterocycles. The number of nitrogens with zero attached hydrogens (tertiary/aromatic N) is 3. The Morgan fingerprint density at radius 2 is 1.65 bits per heavy atom. The molecule has 0 bridgehead atoms. The average molecular weight is 494 g/mol. The summed E-state index contributed by atoms with van der Waals surface area (Å²) >= 11 is 12.1. The van der Waals surface area contributed by atoms with Gasteiger partial charge in [0.1, 0.15) is 0 Å². The maximum absolute atomic E-state index is 12.9. The van der Waals surface area contributed by atoms with Crippen LogP contribution in [0.15, 0.2) is 79.0 Å². The van der Waals surface area contributed by atoms with Crippen LogP contribution in [0, 0.1) is 0 Å². The molecule has 9 heteroatoms. The van der Waals surface area contributed by atoms with Gasteiger partial charge in [0, 0.05) is 28.7 Å². The van der Waals surface area contributed by atoms with E-state index >= 15 is 0 Å². The van der Waals surface area contributed by atoms with Gasteiger partial charge in [0.2, 0.25) is 11.8 Å². The highest BCUT2D eigenvalue weighted by atomic mass is 35.5. The smallest absolute Gasteiger partial charge is 0.249 e. The monoisotopic (exact) mass is 493 g/mol. The normalized spacial score (nSPS) is 11.6. The molecule has 0 aliphatic carbocycles. The minimum Gasteiger partial charge on any atom is -0.348 e. The number of aromatic nitrogens is 3. The fourth-order valence-electron chi connectivity index (χ4n) is 3.43. The summed E-state index contributed by atoms with van der Waals surface area (Å²) in [6, 6.07) is 20.9. The van der Waals surface area contributed by atoms with Gasteiger partial charge < -0.3 is 10.6 Å². The van der Waals surface area contributed by atoms with Gasteiger partial charge in [-0.05, 0) is 54.6 Å². The minimum absolute atomic E-state index is 0.156. The number of carbonyl (C=O) groups is 2. The van der Waals surface area contributed by atoms with E-state index in [4.69, 9.17) is 28.3 Å². The molecular formula is C25H21Cl2N5O2. The van der Waals surface area contributed by atoms with Crippen molar-refractivity contribution in [3.63, 3.8) is 0 Å². The Hall–Kier alpha value is -3.68. The molecule has 0 radical (unpaired) electrons. The second kappa shape index (κ2) is 10.5. The summed E-state index contributed by atoms with van der Waals surface area (Å²) in [5.41, 5.74) is 3.64. The van der Waals surface area contributed by atoms with Crippen molar-refractivity contribution in [2.45, 2.75) is 19.5 Å². The predicted molar refractivity (Wildman–Crippen MR) is 132 cm³/mol. The van der Waals surface area contributed by atoms with Crippen LogP contribution in [0.5, 0.6) is 0 Å². The summed E-state index contributed by atoms with van der Waals surface area (Å²) < 4.78 is 1.78. The Morgan fingerprint density at radius 1 is 0.971 bits per heavy atom. The van der Waals surface area contributed by atoms with Gasteiger partial charge in [0.05, 0.1) is 29.3 Å². The Kier molecular flexibility index (Phi) is 7.25. The minimum atomic E-state index is -0.909. The SMILES string of the molecule is CC(=O)NC(C(=O)NCc1cc(-c2ccc(Cl)cc2)n(-c2ccc(Cl)cc2)n1)c1ccccn1. The molecule has 0 saturated heterocycles. The summed E-state index contributed by atoms with van der Waals surface area (Å²) in [7, 11) is 0. The highest BCUT2D eigenvalue weighted by Gasteiger charge is 2.23. The fraction of sp³-hybridized carbons (Fsp3) is 0.120. The third kappa shape index (κ3) is 5.62. The molecule has 4 aromatic rings. The van der Waals surface area contributed by atoms with Crippen molar-refractivity contribution in [3.8, 4) is 16.9 Å². The van der Waals surface area contributed by atoms with Crippen molar-refractivity contribution in [1.82, 2.24) is 25.4 Å². The van der Waals surface area contributed by atoms with Gasteiger partial charge >= 0.3 is 0 Å². The van der Waals surface area contributed by atoms with E-state index in [9.17, 15) is 9.59 Å². The number of hydrogen-bond acceptors (Lipinski definition) is 4. The summed E-state index contributed by atoms with van der Waals surface area (Å²) in [6.45, 7) is 1.51. The Labute approximate surface area is 206 Å². The topological polar surface area (TPSA) is 88.9 Å². The first kappa shape index (κ1) is 23.5. The number of hydrogen-bond donors (Lipinski definition) is 2. The van der Waals surface area contributed by atoms with E-state index in [2.05, 4.69) is 15.6 Å².